The second-order valence-corrected chi connectivity index (χ2v) is 3.39. The normalized spacial score (nSPS) is 19.9. The van der Waals surface area contributed by atoms with Gasteiger partial charge in [0, 0.05) is 24.3 Å². The Morgan fingerprint density at radius 3 is 3.29 bits per heavy atom. The summed E-state index contributed by atoms with van der Waals surface area (Å²) >= 11 is 0. The van der Waals surface area contributed by atoms with E-state index < -0.39 is 0 Å². The van der Waals surface area contributed by atoms with Crippen LogP contribution in [-0.4, -0.2) is 14.8 Å². The lowest BCUT2D eigenvalue weighted by molar-refractivity contribution is 0.504. The molecule has 72 valence electrons. The van der Waals surface area contributed by atoms with Crippen LogP contribution in [0.5, 0.6) is 0 Å². The number of nitrogens with zero attached hydrogens (tertiary/aromatic N) is 3. The zero-order valence-corrected chi connectivity index (χ0v) is 7.77. The molecule has 0 aromatic carbocycles. The molecule has 0 saturated carbocycles. The van der Waals surface area contributed by atoms with Crippen LogP contribution in [0.3, 0.4) is 0 Å². The highest BCUT2D eigenvalue weighted by Gasteiger charge is 2.22. The van der Waals surface area contributed by atoms with Gasteiger partial charge in [-0.3, -0.25) is 0 Å². The van der Waals surface area contributed by atoms with E-state index in [9.17, 15) is 0 Å². The van der Waals surface area contributed by atoms with Crippen molar-refractivity contribution in [1.29, 1.82) is 0 Å². The van der Waals surface area contributed by atoms with E-state index in [1.165, 1.54) is 5.56 Å². The first kappa shape index (κ1) is 7.75. The third-order valence-corrected chi connectivity index (χ3v) is 2.48. The second kappa shape index (κ2) is 2.68. The number of hydrogen-bond acceptors (Lipinski definition) is 4. The van der Waals surface area contributed by atoms with Gasteiger partial charge in [0.1, 0.15) is 6.26 Å². The molecule has 0 amide bonds. The van der Waals surface area contributed by atoms with E-state index in [-0.39, 0.29) is 0 Å². The second-order valence-electron chi connectivity index (χ2n) is 3.39. The third kappa shape index (κ3) is 0.990. The van der Waals surface area contributed by atoms with Gasteiger partial charge in [-0.2, -0.15) is 9.78 Å². The highest BCUT2D eigenvalue weighted by atomic mass is 16.4. The number of rotatable bonds is 1. The molecule has 2 aromatic heterocycles. The lowest BCUT2D eigenvalue weighted by Gasteiger charge is -2.00. The van der Waals surface area contributed by atoms with Crippen molar-refractivity contribution < 1.29 is 4.42 Å². The largest absolute Gasteiger partial charge is 0.431 e. The molecule has 0 aliphatic carbocycles. The lowest BCUT2D eigenvalue weighted by Crippen LogP contribution is -2.09. The fourth-order valence-electron chi connectivity index (χ4n) is 1.71. The standard InChI is InChI=1S/C9H10N4O/c1-6-7-5-13(9-10-2-3-14-9)12-8(7)4-11-6/h2-3,5-6,11H,4H2,1H3. The molecule has 14 heavy (non-hydrogen) atoms. The number of aromatic nitrogens is 3. The van der Waals surface area contributed by atoms with E-state index >= 15 is 0 Å². The molecule has 1 aliphatic heterocycles. The topological polar surface area (TPSA) is 55.9 Å². The number of hydrogen-bond donors (Lipinski definition) is 1. The zero-order chi connectivity index (χ0) is 9.54. The minimum absolute atomic E-state index is 0.369. The minimum Gasteiger partial charge on any atom is -0.431 e. The fraction of sp³-hybridized carbons (Fsp3) is 0.333. The van der Waals surface area contributed by atoms with E-state index in [1.807, 2.05) is 6.20 Å². The van der Waals surface area contributed by atoms with Crippen molar-refractivity contribution >= 4 is 0 Å². The van der Waals surface area contributed by atoms with Gasteiger partial charge >= 0.3 is 6.01 Å². The van der Waals surface area contributed by atoms with Crippen molar-refractivity contribution in [3.63, 3.8) is 0 Å². The van der Waals surface area contributed by atoms with Crippen LogP contribution >= 0.6 is 0 Å². The molecule has 3 rings (SSSR count). The van der Waals surface area contributed by atoms with Crippen LogP contribution in [0.4, 0.5) is 0 Å². The van der Waals surface area contributed by atoms with Gasteiger partial charge in [0.15, 0.2) is 0 Å². The first-order valence-corrected chi connectivity index (χ1v) is 4.56. The van der Waals surface area contributed by atoms with Crippen molar-refractivity contribution in [1.82, 2.24) is 20.1 Å². The molecule has 1 aliphatic rings. The molecule has 1 unspecified atom stereocenters. The van der Waals surface area contributed by atoms with E-state index in [0.29, 0.717) is 12.1 Å². The third-order valence-electron chi connectivity index (χ3n) is 2.48. The minimum atomic E-state index is 0.369. The summed E-state index contributed by atoms with van der Waals surface area (Å²) in [5.74, 6) is 0. The van der Waals surface area contributed by atoms with Gasteiger partial charge in [-0.1, -0.05) is 0 Å². The Kier molecular flexibility index (Phi) is 1.49. The smallest absolute Gasteiger partial charge is 0.322 e. The van der Waals surface area contributed by atoms with Gasteiger partial charge in [-0.15, -0.1) is 0 Å². The van der Waals surface area contributed by atoms with Crippen molar-refractivity contribution in [3.05, 3.63) is 29.9 Å². The molecule has 1 atom stereocenters. The molecular weight excluding hydrogens is 180 g/mol. The summed E-state index contributed by atoms with van der Waals surface area (Å²) in [5.41, 5.74) is 2.30. The molecule has 0 radical (unpaired) electrons. The highest BCUT2D eigenvalue weighted by Crippen LogP contribution is 2.24. The Morgan fingerprint density at radius 2 is 2.57 bits per heavy atom. The zero-order valence-electron chi connectivity index (χ0n) is 7.77. The SMILES string of the molecule is CC1NCc2nn(-c3ncco3)cc21. The Balaban J connectivity index is 2.07. The lowest BCUT2D eigenvalue weighted by atomic mass is 10.2. The molecular formula is C9H10N4O. The van der Waals surface area contributed by atoms with E-state index in [1.54, 1.807) is 17.1 Å². The summed E-state index contributed by atoms with van der Waals surface area (Å²) in [6.07, 6.45) is 5.12. The van der Waals surface area contributed by atoms with Crippen LogP contribution < -0.4 is 5.32 Å². The van der Waals surface area contributed by atoms with Crippen molar-refractivity contribution in [2.24, 2.45) is 0 Å². The van der Waals surface area contributed by atoms with Crippen LogP contribution in [0, 0.1) is 0 Å². The van der Waals surface area contributed by atoms with Gasteiger partial charge in [0.05, 0.1) is 11.9 Å². The van der Waals surface area contributed by atoms with Crippen LogP contribution in [0.2, 0.25) is 0 Å². The molecule has 0 bridgehead atoms. The summed E-state index contributed by atoms with van der Waals surface area (Å²) in [4.78, 5) is 4.04. The highest BCUT2D eigenvalue weighted by molar-refractivity contribution is 5.27. The maximum Gasteiger partial charge on any atom is 0.322 e. The molecule has 0 saturated heterocycles. The van der Waals surface area contributed by atoms with E-state index in [2.05, 4.69) is 22.3 Å². The predicted molar refractivity (Wildman–Crippen MR) is 48.9 cm³/mol. The molecule has 5 nitrogen and oxygen atoms in total. The summed E-state index contributed by atoms with van der Waals surface area (Å²) in [5, 5.41) is 7.69. The van der Waals surface area contributed by atoms with Crippen molar-refractivity contribution in [2.45, 2.75) is 19.5 Å². The molecule has 3 heterocycles. The molecule has 0 spiro atoms. The average Bonchev–Trinajstić information content (AvgIpc) is 2.83. The maximum absolute atomic E-state index is 5.16. The summed E-state index contributed by atoms with van der Waals surface area (Å²) in [6.45, 7) is 2.94. The van der Waals surface area contributed by atoms with Gasteiger partial charge in [-0.05, 0) is 6.92 Å². The monoisotopic (exact) mass is 190 g/mol. The van der Waals surface area contributed by atoms with Gasteiger partial charge in [0.25, 0.3) is 0 Å². The molecule has 1 N–H and O–H groups in total. The van der Waals surface area contributed by atoms with Gasteiger partial charge in [0.2, 0.25) is 0 Å². The van der Waals surface area contributed by atoms with Crippen molar-refractivity contribution in [2.75, 3.05) is 0 Å². The van der Waals surface area contributed by atoms with Crippen molar-refractivity contribution in [3.8, 4) is 6.01 Å². The maximum atomic E-state index is 5.16. The fourth-order valence-corrected chi connectivity index (χ4v) is 1.71. The van der Waals surface area contributed by atoms with E-state index in [0.717, 1.165) is 12.2 Å². The summed E-state index contributed by atoms with van der Waals surface area (Å²) in [7, 11) is 0. The molecule has 5 heteroatoms. The van der Waals surface area contributed by atoms with Gasteiger partial charge < -0.3 is 9.73 Å². The Morgan fingerprint density at radius 1 is 1.64 bits per heavy atom. The Hall–Kier alpha value is -1.62. The van der Waals surface area contributed by atoms with Crippen LogP contribution in [0.1, 0.15) is 24.2 Å². The van der Waals surface area contributed by atoms with Crippen LogP contribution in [0.25, 0.3) is 6.01 Å². The predicted octanol–water partition coefficient (Wildman–Crippen LogP) is 1.02. The van der Waals surface area contributed by atoms with Gasteiger partial charge in [-0.25, -0.2) is 4.98 Å². The first-order valence-electron chi connectivity index (χ1n) is 4.56. The Labute approximate surface area is 80.7 Å². The summed E-state index contributed by atoms with van der Waals surface area (Å²) in [6, 6.07) is 0.889. The summed E-state index contributed by atoms with van der Waals surface area (Å²) < 4.78 is 6.84. The quantitative estimate of drug-likeness (QED) is 0.729. The molecule has 2 aromatic rings. The number of oxazole rings is 1. The first-order chi connectivity index (χ1) is 6.84. The van der Waals surface area contributed by atoms with E-state index in [4.69, 9.17) is 4.42 Å². The van der Waals surface area contributed by atoms with Crippen LogP contribution in [-0.2, 0) is 6.54 Å². The number of fused-ring (bicyclic) bond motifs is 1. The number of nitrogens with one attached hydrogen (secondary N) is 1. The molecule has 0 fully saturated rings. The average molecular weight is 190 g/mol. The Bertz CT molecular complexity index is 445. The van der Waals surface area contributed by atoms with Crippen LogP contribution in [0.15, 0.2) is 23.1 Å².